The third-order valence-corrected chi connectivity index (χ3v) is 4.65. The summed E-state index contributed by atoms with van der Waals surface area (Å²) in [7, 11) is 0. The van der Waals surface area contributed by atoms with Gasteiger partial charge in [0.2, 0.25) is 0 Å². The highest BCUT2D eigenvalue weighted by Gasteiger charge is 2.21. The van der Waals surface area contributed by atoms with E-state index in [1.165, 1.54) is 0 Å². The largest absolute Gasteiger partial charge is 0.304 e. The Morgan fingerprint density at radius 3 is 2.32 bits per heavy atom. The Labute approximate surface area is 156 Å². The predicted octanol–water partition coefficient (Wildman–Crippen LogP) is 5.54. The number of halogens is 2. The van der Waals surface area contributed by atoms with Gasteiger partial charge < -0.3 is 4.90 Å². The van der Waals surface area contributed by atoms with Crippen molar-refractivity contribution < 1.29 is 4.79 Å². The van der Waals surface area contributed by atoms with E-state index in [1.807, 2.05) is 37.3 Å². The minimum atomic E-state index is -0.123. The van der Waals surface area contributed by atoms with Gasteiger partial charge in [0.25, 0.3) is 5.91 Å². The van der Waals surface area contributed by atoms with Gasteiger partial charge in [0.05, 0.1) is 6.54 Å². The highest BCUT2D eigenvalue weighted by Crippen LogP contribution is 2.29. The molecule has 1 heterocycles. The third kappa shape index (κ3) is 3.84. The van der Waals surface area contributed by atoms with E-state index >= 15 is 0 Å². The number of hydrogen-bond acceptors (Lipinski definition) is 2. The summed E-state index contributed by atoms with van der Waals surface area (Å²) < 4.78 is 0. The van der Waals surface area contributed by atoms with Crippen molar-refractivity contribution in [3.8, 4) is 0 Å². The molecule has 0 aliphatic heterocycles. The first-order valence-electron chi connectivity index (χ1n) is 7.78. The Morgan fingerprint density at radius 2 is 1.68 bits per heavy atom. The Bertz CT molecular complexity index is 877. The van der Waals surface area contributed by atoms with Crippen LogP contribution in [-0.4, -0.2) is 10.9 Å². The molecule has 0 N–H and O–H groups in total. The van der Waals surface area contributed by atoms with Crippen LogP contribution < -0.4 is 4.90 Å². The Morgan fingerprint density at radius 1 is 1.00 bits per heavy atom. The van der Waals surface area contributed by atoms with Crippen molar-refractivity contribution in [3.63, 3.8) is 0 Å². The van der Waals surface area contributed by atoms with Crippen LogP contribution in [0, 0.1) is 6.92 Å². The van der Waals surface area contributed by atoms with Gasteiger partial charge in [-0.05, 0) is 42.8 Å². The van der Waals surface area contributed by atoms with E-state index in [0.717, 1.165) is 16.8 Å². The first-order valence-corrected chi connectivity index (χ1v) is 8.54. The molecular formula is C20H16Cl2N2O. The summed E-state index contributed by atoms with van der Waals surface area (Å²) in [5.74, 6) is -0.123. The fraction of sp³-hybridized carbons (Fsp3) is 0.100. The lowest BCUT2D eigenvalue weighted by atomic mass is 10.1. The number of nitrogens with zero attached hydrogens (tertiary/aromatic N) is 2. The van der Waals surface area contributed by atoms with Crippen molar-refractivity contribution in [2.24, 2.45) is 0 Å². The van der Waals surface area contributed by atoms with E-state index in [-0.39, 0.29) is 12.5 Å². The predicted molar refractivity (Wildman–Crippen MR) is 102 cm³/mol. The molecule has 0 saturated carbocycles. The fourth-order valence-electron chi connectivity index (χ4n) is 2.59. The maximum absolute atomic E-state index is 13.2. The molecule has 0 bridgehead atoms. The fourth-order valence-corrected chi connectivity index (χ4v) is 3.11. The molecule has 1 amide bonds. The molecule has 0 fully saturated rings. The van der Waals surface area contributed by atoms with Crippen LogP contribution in [0.4, 0.5) is 5.69 Å². The lowest BCUT2D eigenvalue weighted by Crippen LogP contribution is -2.31. The van der Waals surface area contributed by atoms with Crippen molar-refractivity contribution in [2.45, 2.75) is 13.5 Å². The van der Waals surface area contributed by atoms with E-state index < -0.39 is 0 Å². The summed E-state index contributed by atoms with van der Waals surface area (Å²) in [6, 6.07) is 16.5. The van der Waals surface area contributed by atoms with Crippen molar-refractivity contribution in [3.05, 3.63) is 93.7 Å². The highest BCUT2D eigenvalue weighted by atomic mass is 35.5. The minimum Gasteiger partial charge on any atom is -0.304 e. The molecule has 0 aliphatic carbocycles. The smallest absolute Gasteiger partial charge is 0.258 e. The molecule has 3 aromatic rings. The molecule has 25 heavy (non-hydrogen) atoms. The zero-order valence-corrected chi connectivity index (χ0v) is 15.1. The van der Waals surface area contributed by atoms with Crippen molar-refractivity contribution in [1.82, 2.24) is 4.98 Å². The Hall–Kier alpha value is -2.36. The molecule has 0 radical (unpaired) electrons. The summed E-state index contributed by atoms with van der Waals surface area (Å²) in [6.45, 7) is 2.15. The van der Waals surface area contributed by atoms with Crippen LogP contribution in [-0.2, 0) is 6.54 Å². The Kier molecular flexibility index (Phi) is 5.37. The average molecular weight is 371 g/mol. The first kappa shape index (κ1) is 17.5. The normalized spacial score (nSPS) is 10.5. The number of carbonyl (C=O) groups excluding carboxylic acids is 1. The zero-order valence-electron chi connectivity index (χ0n) is 13.6. The summed E-state index contributed by atoms with van der Waals surface area (Å²) in [4.78, 5) is 18.9. The molecule has 0 spiro atoms. The molecule has 0 aliphatic rings. The zero-order chi connectivity index (χ0) is 17.8. The van der Waals surface area contributed by atoms with Gasteiger partial charge in [-0.1, -0.05) is 47.5 Å². The maximum Gasteiger partial charge on any atom is 0.258 e. The number of hydrogen-bond donors (Lipinski definition) is 0. The number of aromatic nitrogens is 1. The van der Waals surface area contributed by atoms with Crippen LogP contribution in [0.5, 0.6) is 0 Å². The average Bonchev–Trinajstić information content (AvgIpc) is 2.62. The molecule has 0 saturated heterocycles. The monoisotopic (exact) mass is 370 g/mol. The van der Waals surface area contributed by atoms with Crippen LogP contribution in [0.1, 0.15) is 21.5 Å². The molecule has 0 atom stereocenters. The van der Waals surface area contributed by atoms with Crippen LogP contribution in [0.15, 0.2) is 67.0 Å². The molecular weight excluding hydrogens is 355 g/mol. The van der Waals surface area contributed by atoms with Crippen LogP contribution in [0.2, 0.25) is 10.0 Å². The molecule has 3 rings (SSSR count). The summed E-state index contributed by atoms with van der Waals surface area (Å²) >= 11 is 12.6. The van der Waals surface area contributed by atoms with Gasteiger partial charge in [0.1, 0.15) is 0 Å². The lowest BCUT2D eigenvalue weighted by molar-refractivity contribution is 0.0984. The third-order valence-electron chi connectivity index (χ3n) is 3.94. The van der Waals surface area contributed by atoms with Gasteiger partial charge in [-0.25, -0.2) is 0 Å². The number of anilines is 1. The van der Waals surface area contributed by atoms with Crippen LogP contribution in [0.3, 0.4) is 0 Å². The van der Waals surface area contributed by atoms with Crippen LogP contribution in [0.25, 0.3) is 0 Å². The molecule has 126 valence electrons. The van der Waals surface area contributed by atoms with Crippen molar-refractivity contribution in [2.75, 3.05) is 4.90 Å². The number of carbonyl (C=O) groups is 1. The molecule has 2 aromatic carbocycles. The number of aryl methyl sites for hydroxylation is 1. The van der Waals surface area contributed by atoms with Crippen molar-refractivity contribution in [1.29, 1.82) is 0 Å². The summed E-state index contributed by atoms with van der Waals surface area (Å²) in [5.41, 5.74) is 2.91. The molecule has 1 aromatic heterocycles. The second kappa shape index (κ2) is 7.68. The van der Waals surface area contributed by atoms with E-state index in [9.17, 15) is 4.79 Å². The number of para-hydroxylation sites is 1. The summed E-state index contributed by atoms with van der Waals surface area (Å²) in [6.07, 6.45) is 3.30. The van der Waals surface area contributed by atoms with Crippen molar-refractivity contribution >= 4 is 34.8 Å². The van der Waals surface area contributed by atoms with E-state index in [4.69, 9.17) is 23.2 Å². The van der Waals surface area contributed by atoms with Gasteiger partial charge in [-0.3, -0.25) is 9.78 Å². The van der Waals surface area contributed by atoms with Crippen LogP contribution >= 0.6 is 23.2 Å². The molecule has 5 heteroatoms. The summed E-state index contributed by atoms with van der Waals surface area (Å²) in [5, 5.41) is 1.07. The standard InChI is InChI=1S/C20H16Cl2N2O/c1-14-12-23-11-10-16(14)20(25)24(15-6-3-2-4-7-15)13-17-18(21)8-5-9-19(17)22/h2-12H,13H2,1H3. The van der Waals surface area contributed by atoms with Gasteiger partial charge in [0.15, 0.2) is 0 Å². The second-order valence-corrected chi connectivity index (χ2v) is 6.43. The van der Waals surface area contributed by atoms with Gasteiger partial charge in [-0.15, -0.1) is 0 Å². The van der Waals surface area contributed by atoms with E-state index in [0.29, 0.717) is 15.6 Å². The number of benzene rings is 2. The molecule has 3 nitrogen and oxygen atoms in total. The van der Waals surface area contributed by atoms with Gasteiger partial charge in [-0.2, -0.15) is 0 Å². The second-order valence-electron chi connectivity index (χ2n) is 5.62. The number of rotatable bonds is 4. The quantitative estimate of drug-likeness (QED) is 0.603. The number of pyridine rings is 1. The topological polar surface area (TPSA) is 33.2 Å². The Balaban J connectivity index is 2.05. The van der Waals surface area contributed by atoms with E-state index in [1.54, 1.807) is 41.6 Å². The molecule has 0 unspecified atom stereocenters. The first-order chi connectivity index (χ1) is 12.1. The van der Waals surface area contributed by atoms with Gasteiger partial charge in [0, 0.05) is 39.3 Å². The maximum atomic E-state index is 13.2. The number of amides is 1. The van der Waals surface area contributed by atoms with Gasteiger partial charge >= 0.3 is 0 Å². The highest BCUT2D eigenvalue weighted by molar-refractivity contribution is 6.36. The minimum absolute atomic E-state index is 0.123. The SMILES string of the molecule is Cc1cnccc1C(=O)N(Cc1c(Cl)cccc1Cl)c1ccccc1. The van der Waals surface area contributed by atoms with E-state index in [2.05, 4.69) is 4.98 Å². The lowest BCUT2D eigenvalue weighted by Gasteiger charge is -2.24.